The van der Waals surface area contributed by atoms with Crippen molar-refractivity contribution in [2.24, 2.45) is 5.73 Å². The van der Waals surface area contributed by atoms with Crippen molar-refractivity contribution in [2.75, 3.05) is 0 Å². The lowest BCUT2D eigenvalue weighted by Gasteiger charge is -2.04. The van der Waals surface area contributed by atoms with Crippen molar-refractivity contribution in [3.8, 4) is 0 Å². The first-order valence-electron chi connectivity index (χ1n) is 5.88. The lowest BCUT2D eigenvalue weighted by atomic mass is 10.1. The highest BCUT2D eigenvalue weighted by Gasteiger charge is 2.37. The fourth-order valence-corrected chi connectivity index (χ4v) is 2.11. The lowest BCUT2D eigenvalue weighted by molar-refractivity contribution is 0.604. The third-order valence-corrected chi connectivity index (χ3v) is 3.50. The molecular formula is C13H17N3. The van der Waals surface area contributed by atoms with Gasteiger partial charge in [0.05, 0.1) is 5.69 Å². The number of pyridine rings is 1. The van der Waals surface area contributed by atoms with Crippen molar-refractivity contribution in [3.63, 3.8) is 0 Å². The Kier molecular flexibility index (Phi) is 2.04. The molecule has 1 aliphatic carbocycles. The van der Waals surface area contributed by atoms with Gasteiger partial charge in [0.15, 0.2) is 0 Å². The molecule has 1 saturated carbocycles. The molecule has 0 unspecified atom stereocenters. The summed E-state index contributed by atoms with van der Waals surface area (Å²) in [5.74, 6) is 0. The van der Waals surface area contributed by atoms with Crippen LogP contribution in [0.1, 0.15) is 30.5 Å². The number of nitrogens with zero attached hydrogens (tertiary/aromatic N) is 2. The van der Waals surface area contributed by atoms with E-state index in [1.165, 1.54) is 18.4 Å². The molecule has 0 amide bonds. The van der Waals surface area contributed by atoms with Crippen LogP contribution < -0.4 is 5.73 Å². The molecule has 0 radical (unpaired) electrons. The molecule has 2 aromatic heterocycles. The molecule has 0 bridgehead atoms. The van der Waals surface area contributed by atoms with E-state index in [-0.39, 0.29) is 5.54 Å². The summed E-state index contributed by atoms with van der Waals surface area (Å²) in [7, 11) is 0. The molecule has 16 heavy (non-hydrogen) atoms. The van der Waals surface area contributed by atoms with Gasteiger partial charge in [-0.1, -0.05) is 6.07 Å². The zero-order valence-corrected chi connectivity index (χ0v) is 9.61. The van der Waals surface area contributed by atoms with Crippen LogP contribution in [0.5, 0.6) is 0 Å². The highest BCUT2D eigenvalue weighted by molar-refractivity contribution is 5.47. The molecule has 2 aromatic rings. The Morgan fingerprint density at radius 3 is 3.00 bits per heavy atom. The smallest absolute Gasteiger partial charge is 0.139 e. The molecule has 2 heterocycles. The van der Waals surface area contributed by atoms with E-state index >= 15 is 0 Å². The van der Waals surface area contributed by atoms with Gasteiger partial charge in [0.2, 0.25) is 0 Å². The quantitative estimate of drug-likeness (QED) is 0.851. The summed E-state index contributed by atoms with van der Waals surface area (Å²) in [6, 6.07) is 4.15. The van der Waals surface area contributed by atoms with Crippen molar-refractivity contribution >= 4 is 5.65 Å². The van der Waals surface area contributed by atoms with Crippen LogP contribution in [0, 0.1) is 6.92 Å². The Balaban J connectivity index is 1.85. The topological polar surface area (TPSA) is 43.3 Å². The van der Waals surface area contributed by atoms with Crippen molar-refractivity contribution in [2.45, 2.75) is 38.1 Å². The highest BCUT2D eigenvalue weighted by Crippen LogP contribution is 2.36. The van der Waals surface area contributed by atoms with Crippen LogP contribution in [0.25, 0.3) is 5.65 Å². The first-order chi connectivity index (χ1) is 7.66. The number of hydrogen-bond acceptors (Lipinski definition) is 2. The molecular weight excluding hydrogens is 198 g/mol. The number of aromatic nitrogens is 2. The Morgan fingerprint density at radius 2 is 2.31 bits per heavy atom. The van der Waals surface area contributed by atoms with E-state index in [9.17, 15) is 0 Å². The Hall–Kier alpha value is -1.35. The predicted molar refractivity (Wildman–Crippen MR) is 64.4 cm³/mol. The van der Waals surface area contributed by atoms with Crippen molar-refractivity contribution in [1.82, 2.24) is 9.38 Å². The van der Waals surface area contributed by atoms with Gasteiger partial charge >= 0.3 is 0 Å². The second kappa shape index (κ2) is 3.32. The number of rotatable bonds is 3. The molecule has 3 rings (SSSR count). The van der Waals surface area contributed by atoms with E-state index in [4.69, 9.17) is 5.73 Å². The molecule has 0 aliphatic heterocycles. The second-order valence-corrected chi connectivity index (χ2v) is 5.02. The molecule has 0 atom stereocenters. The fourth-order valence-electron chi connectivity index (χ4n) is 2.11. The largest absolute Gasteiger partial charge is 0.325 e. The SMILES string of the molecule is Cc1cccn2cc(CCC3(N)CC3)nc12. The molecule has 3 nitrogen and oxygen atoms in total. The van der Waals surface area contributed by atoms with Gasteiger partial charge in [-0.2, -0.15) is 0 Å². The lowest BCUT2D eigenvalue weighted by Crippen LogP contribution is -2.22. The minimum atomic E-state index is 0.130. The maximum atomic E-state index is 6.08. The molecule has 0 aromatic carbocycles. The van der Waals surface area contributed by atoms with Crippen LogP contribution in [-0.2, 0) is 6.42 Å². The van der Waals surface area contributed by atoms with E-state index in [0.29, 0.717) is 0 Å². The van der Waals surface area contributed by atoms with Gasteiger partial charge in [-0.05, 0) is 44.2 Å². The van der Waals surface area contributed by atoms with E-state index in [2.05, 4.69) is 34.6 Å². The summed E-state index contributed by atoms with van der Waals surface area (Å²) in [5, 5.41) is 0. The molecule has 1 aliphatic rings. The summed E-state index contributed by atoms with van der Waals surface area (Å²) in [6.45, 7) is 2.09. The van der Waals surface area contributed by atoms with E-state index < -0.39 is 0 Å². The molecule has 84 valence electrons. The highest BCUT2D eigenvalue weighted by atomic mass is 15.0. The van der Waals surface area contributed by atoms with Gasteiger partial charge in [-0.3, -0.25) is 0 Å². The zero-order valence-electron chi connectivity index (χ0n) is 9.61. The maximum absolute atomic E-state index is 6.08. The van der Waals surface area contributed by atoms with Gasteiger partial charge in [-0.15, -0.1) is 0 Å². The van der Waals surface area contributed by atoms with Gasteiger partial charge in [0, 0.05) is 17.9 Å². The number of imidazole rings is 1. The summed E-state index contributed by atoms with van der Waals surface area (Å²) in [5.41, 5.74) is 9.67. The molecule has 2 N–H and O–H groups in total. The average molecular weight is 215 g/mol. The molecule has 0 saturated heterocycles. The van der Waals surface area contributed by atoms with Crippen molar-refractivity contribution < 1.29 is 0 Å². The Labute approximate surface area is 95.3 Å². The fraction of sp³-hybridized carbons (Fsp3) is 0.462. The van der Waals surface area contributed by atoms with Crippen molar-refractivity contribution in [1.29, 1.82) is 0 Å². The summed E-state index contributed by atoms with van der Waals surface area (Å²) in [4.78, 5) is 4.65. The normalized spacial score (nSPS) is 17.9. The number of fused-ring (bicyclic) bond motifs is 1. The van der Waals surface area contributed by atoms with E-state index in [0.717, 1.165) is 24.2 Å². The van der Waals surface area contributed by atoms with Gasteiger partial charge in [0.1, 0.15) is 5.65 Å². The summed E-state index contributed by atoms with van der Waals surface area (Å²) >= 11 is 0. The summed E-state index contributed by atoms with van der Waals surface area (Å²) < 4.78 is 2.10. The van der Waals surface area contributed by atoms with Crippen LogP contribution in [0.3, 0.4) is 0 Å². The van der Waals surface area contributed by atoms with Gasteiger partial charge in [0.25, 0.3) is 0 Å². The summed E-state index contributed by atoms with van der Waals surface area (Å²) in [6.07, 6.45) is 8.59. The number of aryl methyl sites for hydroxylation is 2. The Morgan fingerprint density at radius 1 is 1.50 bits per heavy atom. The van der Waals surface area contributed by atoms with Crippen LogP contribution in [-0.4, -0.2) is 14.9 Å². The van der Waals surface area contributed by atoms with Crippen LogP contribution >= 0.6 is 0 Å². The Bertz CT molecular complexity index is 523. The van der Waals surface area contributed by atoms with Crippen LogP contribution in [0.15, 0.2) is 24.5 Å². The minimum absolute atomic E-state index is 0.130. The van der Waals surface area contributed by atoms with Gasteiger partial charge < -0.3 is 10.1 Å². The average Bonchev–Trinajstić information content (AvgIpc) is 2.84. The number of nitrogens with two attached hydrogens (primary N) is 1. The third kappa shape index (κ3) is 1.71. The maximum Gasteiger partial charge on any atom is 0.139 e. The standard InChI is InChI=1S/C13H17N3/c1-10-3-2-8-16-9-11(15-12(10)16)4-5-13(14)6-7-13/h2-3,8-9H,4-7,14H2,1H3. The van der Waals surface area contributed by atoms with Crippen LogP contribution in [0.4, 0.5) is 0 Å². The zero-order chi connectivity index (χ0) is 11.2. The monoisotopic (exact) mass is 215 g/mol. The predicted octanol–water partition coefficient (Wildman–Crippen LogP) is 2.07. The molecule has 3 heteroatoms. The molecule has 0 spiro atoms. The van der Waals surface area contributed by atoms with Crippen molar-refractivity contribution in [3.05, 3.63) is 35.8 Å². The number of hydrogen-bond donors (Lipinski definition) is 1. The van der Waals surface area contributed by atoms with Gasteiger partial charge in [-0.25, -0.2) is 4.98 Å². The third-order valence-electron chi connectivity index (χ3n) is 3.50. The minimum Gasteiger partial charge on any atom is -0.325 e. The first kappa shape index (κ1) is 9.85. The first-order valence-corrected chi connectivity index (χ1v) is 5.88. The van der Waals surface area contributed by atoms with E-state index in [1.807, 2.05) is 6.20 Å². The van der Waals surface area contributed by atoms with Crippen LogP contribution in [0.2, 0.25) is 0 Å². The second-order valence-electron chi connectivity index (χ2n) is 5.02. The molecule has 1 fully saturated rings. The van der Waals surface area contributed by atoms with E-state index in [1.54, 1.807) is 0 Å².